The first-order chi connectivity index (χ1) is 15.4. The average Bonchev–Trinajstić information content (AvgIpc) is 3.34. The molecule has 2 aromatic heterocycles. The van der Waals surface area contributed by atoms with Crippen LogP contribution in [0.4, 0.5) is 11.6 Å². The Labute approximate surface area is 201 Å². The maximum atomic E-state index is 13.1. The molecule has 2 N–H and O–H groups in total. The minimum absolute atomic E-state index is 0.0185. The van der Waals surface area contributed by atoms with Crippen LogP contribution in [0.3, 0.4) is 0 Å². The SMILES string of the molecule is Cc1cc(C)c(OCN(C)C)c(C)c1NC(=O)c1sccc1S(=O)(=O)Nc1onc(C)c1Cl. The molecule has 0 radical (unpaired) electrons. The highest BCUT2D eigenvalue weighted by Crippen LogP contribution is 2.34. The Balaban J connectivity index is 1.91. The third kappa shape index (κ3) is 5.32. The molecule has 0 bridgehead atoms. The van der Waals surface area contributed by atoms with Crippen LogP contribution in [-0.2, 0) is 10.0 Å². The normalized spacial score (nSPS) is 11.6. The molecule has 0 aliphatic heterocycles. The number of hydrogen-bond donors (Lipinski definition) is 2. The number of thiophene rings is 1. The zero-order valence-electron chi connectivity index (χ0n) is 19.1. The van der Waals surface area contributed by atoms with Gasteiger partial charge in [-0.2, -0.15) is 0 Å². The molecule has 0 fully saturated rings. The lowest BCUT2D eigenvalue weighted by Crippen LogP contribution is -2.21. The second kappa shape index (κ2) is 9.72. The summed E-state index contributed by atoms with van der Waals surface area (Å²) >= 11 is 7.03. The lowest BCUT2D eigenvalue weighted by Gasteiger charge is -2.20. The van der Waals surface area contributed by atoms with Crippen molar-refractivity contribution < 1.29 is 22.5 Å². The largest absolute Gasteiger partial charge is 0.478 e. The first-order valence-corrected chi connectivity index (χ1v) is 12.6. The minimum atomic E-state index is -4.15. The molecular formula is C21H25ClN4O5S2. The highest BCUT2D eigenvalue weighted by molar-refractivity contribution is 7.93. The predicted molar refractivity (Wildman–Crippen MR) is 129 cm³/mol. The number of carbonyl (C=O) groups is 1. The lowest BCUT2D eigenvalue weighted by atomic mass is 10.0. The summed E-state index contributed by atoms with van der Waals surface area (Å²) < 4.78 is 38.9. The summed E-state index contributed by atoms with van der Waals surface area (Å²) in [6.45, 7) is 7.61. The van der Waals surface area contributed by atoms with Crippen LogP contribution in [0, 0.1) is 27.7 Å². The number of halogens is 1. The minimum Gasteiger partial charge on any atom is -0.478 e. The molecule has 3 aromatic rings. The van der Waals surface area contributed by atoms with Crippen LogP contribution in [0.25, 0.3) is 0 Å². The first-order valence-electron chi connectivity index (χ1n) is 9.84. The fraction of sp³-hybridized carbons (Fsp3) is 0.333. The molecule has 3 rings (SSSR count). The summed E-state index contributed by atoms with van der Waals surface area (Å²) in [6.07, 6.45) is 0. The van der Waals surface area contributed by atoms with Gasteiger partial charge in [-0.05, 0) is 64.4 Å². The van der Waals surface area contributed by atoms with Gasteiger partial charge in [0.2, 0.25) is 0 Å². The number of ether oxygens (including phenoxy) is 1. The van der Waals surface area contributed by atoms with Gasteiger partial charge in [0.1, 0.15) is 33.0 Å². The van der Waals surface area contributed by atoms with Crippen LogP contribution in [0.5, 0.6) is 5.75 Å². The van der Waals surface area contributed by atoms with Crippen molar-refractivity contribution in [2.75, 3.05) is 30.9 Å². The van der Waals surface area contributed by atoms with E-state index in [-0.39, 0.29) is 20.7 Å². The molecule has 178 valence electrons. The summed E-state index contributed by atoms with van der Waals surface area (Å²) in [4.78, 5) is 14.8. The number of nitrogens with zero attached hydrogens (tertiary/aromatic N) is 2. The van der Waals surface area contributed by atoms with Crippen molar-refractivity contribution in [3.8, 4) is 5.75 Å². The van der Waals surface area contributed by atoms with Crippen molar-refractivity contribution in [1.29, 1.82) is 0 Å². The van der Waals surface area contributed by atoms with Gasteiger partial charge >= 0.3 is 0 Å². The van der Waals surface area contributed by atoms with Crippen LogP contribution >= 0.6 is 22.9 Å². The summed E-state index contributed by atoms with van der Waals surface area (Å²) in [6, 6.07) is 3.26. The zero-order valence-corrected chi connectivity index (χ0v) is 21.5. The van der Waals surface area contributed by atoms with E-state index in [0.29, 0.717) is 23.9 Å². The van der Waals surface area contributed by atoms with Crippen LogP contribution < -0.4 is 14.8 Å². The van der Waals surface area contributed by atoms with Gasteiger partial charge in [-0.1, -0.05) is 22.8 Å². The number of aryl methyl sites for hydroxylation is 3. The molecule has 9 nitrogen and oxygen atoms in total. The van der Waals surface area contributed by atoms with E-state index in [4.69, 9.17) is 20.9 Å². The van der Waals surface area contributed by atoms with Gasteiger partial charge in [-0.15, -0.1) is 11.3 Å². The number of carbonyl (C=O) groups excluding carboxylic acids is 1. The van der Waals surface area contributed by atoms with Crippen LogP contribution in [0.1, 0.15) is 32.1 Å². The molecule has 0 spiro atoms. The van der Waals surface area contributed by atoms with E-state index in [9.17, 15) is 13.2 Å². The molecule has 33 heavy (non-hydrogen) atoms. The predicted octanol–water partition coefficient (Wildman–Crippen LogP) is 4.57. The smallest absolute Gasteiger partial charge is 0.267 e. The highest BCUT2D eigenvalue weighted by atomic mass is 35.5. The van der Waals surface area contributed by atoms with Gasteiger partial charge in [0, 0.05) is 5.56 Å². The number of sulfonamides is 1. The standard InChI is InChI=1S/C21H25ClN4O5S2/c1-11-9-12(2)18(30-10-26(5)6)13(3)17(11)23-20(27)19-15(7-8-32-19)33(28,29)25-21-16(22)14(4)24-31-21/h7-9,25H,10H2,1-6H3,(H,23,27). The van der Waals surface area contributed by atoms with Crippen molar-refractivity contribution in [3.63, 3.8) is 0 Å². The van der Waals surface area contributed by atoms with Gasteiger partial charge < -0.3 is 14.6 Å². The van der Waals surface area contributed by atoms with Crippen molar-refractivity contribution in [3.05, 3.63) is 49.8 Å². The molecule has 12 heteroatoms. The fourth-order valence-electron chi connectivity index (χ4n) is 3.22. The van der Waals surface area contributed by atoms with Crippen molar-refractivity contribution in [2.24, 2.45) is 0 Å². The molecule has 0 saturated carbocycles. The summed E-state index contributed by atoms with van der Waals surface area (Å²) in [5.74, 6) is -0.0981. The van der Waals surface area contributed by atoms with Crippen molar-refractivity contribution in [2.45, 2.75) is 32.6 Å². The van der Waals surface area contributed by atoms with E-state index in [1.54, 1.807) is 6.92 Å². The summed E-state index contributed by atoms with van der Waals surface area (Å²) in [5.41, 5.74) is 3.44. The third-order valence-corrected chi connectivity index (χ3v) is 7.61. The zero-order chi connectivity index (χ0) is 24.5. The molecular weight excluding hydrogens is 488 g/mol. The second-order valence-corrected chi connectivity index (χ2v) is 10.7. The number of benzene rings is 1. The van der Waals surface area contributed by atoms with E-state index in [1.165, 1.54) is 11.4 Å². The number of hydrogen-bond acceptors (Lipinski definition) is 8. The maximum absolute atomic E-state index is 13.1. The van der Waals surface area contributed by atoms with Gasteiger partial charge in [0.25, 0.3) is 21.8 Å². The van der Waals surface area contributed by atoms with Gasteiger partial charge in [-0.25, -0.2) is 13.1 Å². The number of amides is 1. The molecule has 0 aliphatic carbocycles. The summed E-state index contributed by atoms with van der Waals surface area (Å²) in [5, 5.41) is 8.06. The topological polar surface area (TPSA) is 114 Å². The van der Waals surface area contributed by atoms with E-state index in [1.807, 2.05) is 45.8 Å². The Bertz CT molecular complexity index is 1300. The Hall–Kier alpha value is -2.60. The van der Waals surface area contributed by atoms with Crippen LogP contribution in [0.2, 0.25) is 5.02 Å². The molecule has 1 aromatic carbocycles. The number of anilines is 2. The van der Waals surface area contributed by atoms with Gasteiger partial charge in [-0.3, -0.25) is 9.69 Å². The monoisotopic (exact) mass is 512 g/mol. The average molecular weight is 513 g/mol. The highest BCUT2D eigenvalue weighted by Gasteiger charge is 2.27. The second-order valence-electron chi connectivity index (χ2n) is 7.78. The van der Waals surface area contributed by atoms with E-state index < -0.39 is 15.9 Å². The van der Waals surface area contributed by atoms with E-state index in [2.05, 4.69) is 15.2 Å². The number of aromatic nitrogens is 1. The third-order valence-electron chi connectivity index (χ3n) is 4.75. The van der Waals surface area contributed by atoms with Crippen molar-refractivity contribution >= 4 is 50.4 Å². The first kappa shape index (κ1) is 25.0. The van der Waals surface area contributed by atoms with Crippen molar-refractivity contribution in [1.82, 2.24) is 10.1 Å². The Kier molecular flexibility index (Phi) is 7.37. The van der Waals surface area contributed by atoms with E-state index in [0.717, 1.165) is 28.0 Å². The van der Waals surface area contributed by atoms with Crippen LogP contribution in [0.15, 0.2) is 26.9 Å². The molecule has 0 saturated heterocycles. The van der Waals surface area contributed by atoms with Gasteiger partial charge in [0.05, 0.1) is 5.69 Å². The molecule has 1 amide bonds. The molecule has 0 atom stereocenters. The maximum Gasteiger partial charge on any atom is 0.267 e. The number of rotatable bonds is 8. The summed E-state index contributed by atoms with van der Waals surface area (Å²) in [7, 11) is -0.368. The Morgan fingerprint density at radius 2 is 1.94 bits per heavy atom. The van der Waals surface area contributed by atoms with Crippen LogP contribution in [-0.4, -0.2) is 45.2 Å². The molecule has 0 unspecified atom stereocenters. The Morgan fingerprint density at radius 3 is 2.55 bits per heavy atom. The lowest BCUT2D eigenvalue weighted by molar-refractivity contribution is 0.102. The number of nitrogens with one attached hydrogen (secondary N) is 2. The molecule has 2 heterocycles. The fourth-order valence-corrected chi connectivity index (χ4v) is 5.71. The van der Waals surface area contributed by atoms with Gasteiger partial charge in [0.15, 0.2) is 0 Å². The van der Waals surface area contributed by atoms with E-state index >= 15 is 0 Å². The quantitative estimate of drug-likeness (QED) is 0.425. The molecule has 0 aliphatic rings. The Morgan fingerprint density at radius 1 is 1.24 bits per heavy atom.